The van der Waals surface area contributed by atoms with Gasteiger partial charge in [-0.1, -0.05) is 0 Å². The van der Waals surface area contributed by atoms with E-state index in [9.17, 15) is 18.0 Å². The number of aliphatic hydroxyl groups excluding tert-OH is 1. The average Bonchev–Trinajstić information content (AvgIpc) is 1.80. The second-order valence-electron chi connectivity index (χ2n) is 1.71. The largest absolute Gasteiger partial charge is 0.416 e. The van der Waals surface area contributed by atoms with E-state index in [-0.39, 0.29) is 0 Å². The normalized spacial score (nSPS) is 14.3. The molecule has 3 nitrogen and oxygen atoms in total. The molecule has 11 heavy (non-hydrogen) atoms. The van der Waals surface area contributed by atoms with Crippen LogP contribution in [-0.4, -0.2) is 27.8 Å². The Morgan fingerprint density at radius 1 is 1.64 bits per heavy atom. The summed E-state index contributed by atoms with van der Waals surface area (Å²) >= 11 is 1.28. The molecule has 0 aromatic carbocycles. The third-order valence-corrected chi connectivity index (χ3v) is 1.19. The Kier molecular flexibility index (Phi) is 4.08. The molecule has 0 rings (SSSR count). The summed E-state index contributed by atoms with van der Waals surface area (Å²) in [5.41, 5.74) is 0. The topological polar surface area (TPSA) is 49.3 Å². The number of aliphatic hydroxyl groups is 1. The fourth-order valence-electron chi connectivity index (χ4n) is 0.293. The first-order valence-corrected chi connectivity index (χ1v) is 3.60. The van der Waals surface area contributed by atoms with Gasteiger partial charge in [0.15, 0.2) is 6.10 Å². The van der Waals surface area contributed by atoms with E-state index >= 15 is 0 Å². The quantitative estimate of drug-likeness (QED) is 0.452. The SMILES string of the molecule is O=C(I)NC[C@@H](O)C(F)(F)F. The lowest BCUT2D eigenvalue weighted by molar-refractivity contribution is -0.201. The number of alkyl halides is 3. The smallest absolute Gasteiger partial charge is 0.382 e. The number of hydrogen-bond donors (Lipinski definition) is 2. The highest BCUT2D eigenvalue weighted by atomic mass is 127. The zero-order valence-corrected chi connectivity index (χ0v) is 7.31. The molecule has 1 amide bonds. The van der Waals surface area contributed by atoms with Crippen molar-refractivity contribution < 1.29 is 23.1 Å². The second kappa shape index (κ2) is 4.10. The molecule has 0 radical (unpaired) electrons. The van der Waals surface area contributed by atoms with Gasteiger partial charge in [-0.05, 0) is 0 Å². The van der Waals surface area contributed by atoms with Gasteiger partial charge >= 0.3 is 6.18 Å². The maximum Gasteiger partial charge on any atom is 0.416 e. The van der Waals surface area contributed by atoms with Crippen LogP contribution in [0.25, 0.3) is 0 Å². The van der Waals surface area contributed by atoms with Crippen molar-refractivity contribution in [2.45, 2.75) is 12.3 Å². The maximum atomic E-state index is 11.5. The first-order valence-electron chi connectivity index (χ1n) is 2.52. The van der Waals surface area contributed by atoms with E-state index in [1.807, 2.05) is 5.32 Å². The van der Waals surface area contributed by atoms with E-state index in [0.29, 0.717) is 0 Å². The van der Waals surface area contributed by atoms with Crippen molar-refractivity contribution in [2.75, 3.05) is 6.54 Å². The first kappa shape index (κ1) is 11.0. The van der Waals surface area contributed by atoms with Crippen molar-refractivity contribution in [2.24, 2.45) is 0 Å². The Morgan fingerprint density at radius 2 is 2.09 bits per heavy atom. The molecule has 0 fully saturated rings. The highest BCUT2D eigenvalue weighted by molar-refractivity contribution is 14.1. The molecule has 2 N–H and O–H groups in total. The van der Waals surface area contributed by atoms with Crippen molar-refractivity contribution in [1.82, 2.24) is 5.32 Å². The Morgan fingerprint density at radius 3 is 2.36 bits per heavy atom. The van der Waals surface area contributed by atoms with E-state index in [1.54, 1.807) is 0 Å². The van der Waals surface area contributed by atoms with E-state index < -0.39 is 22.7 Å². The summed E-state index contributed by atoms with van der Waals surface area (Å²) in [4.78, 5) is 10.1. The summed E-state index contributed by atoms with van der Waals surface area (Å²) < 4.78 is 33.9. The molecule has 0 aliphatic carbocycles. The van der Waals surface area contributed by atoms with Crippen molar-refractivity contribution in [3.8, 4) is 0 Å². The molecule has 1 atom stereocenters. The van der Waals surface area contributed by atoms with Gasteiger partial charge in [-0.2, -0.15) is 13.2 Å². The van der Waals surface area contributed by atoms with E-state index in [1.165, 1.54) is 22.6 Å². The van der Waals surface area contributed by atoms with Crippen LogP contribution in [0.3, 0.4) is 0 Å². The summed E-state index contributed by atoms with van der Waals surface area (Å²) in [5, 5.41) is 10.1. The minimum absolute atomic E-state index is 0.633. The van der Waals surface area contributed by atoms with Crippen LogP contribution in [0.4, 0.5) is 18.0 Å². The van der Waals surface area contributed by atoms with Crippen LogP contribution < -0.4 is 5.32 Å². The molecule has 0 aromatic rings. The number of hydrogen-bond acceptors (Lipinski definition) is 2. The van der Waals surface area contributed by atoms with Gasteiger partial charge in [0.1, 0.15) is 0 Å². The van der Waals surface area contributed by atoms with Crippen molar-refractivity contribution in [3.63, 3.8) is 0 Å². The molecule has 0 saturated heterocycles. The lowest BCUT2D eigenvalue weighted by atomic mass is 10.3. The van der Waals surface area contributed by atoms with Crippen molar-refractivity contribution in [1.29, 1.82) is 0 Å². The predicted molar refractivity (Wildman–Crippen MR) is 39.5 cm³/mol. The molecular weight excluding hydrogens is 278 g/mol. The third kappa shape index (κ3) is 5.24. The molecule has 0 aliphatic heterocycles. The number of carbonyl (C=O) groups excluding carboxylic acids is 1. The monoisotopic (exact) mass is 283 g/mol. The lowest BCUT2D eigenvalue weighted by Crippen LogP contribution is -2.39. The van der Waals surface area contributed by atoms with Crippen LogP contribution >= 0.6 is 22.6 Å². The van der Waals surface area contributed by atoms with Crippen molar-refractivity contribution in [3.05, 3.63) is 0 Å². The number of nitrogens with one attached hydrogen (secondary N) is 1. The van der Waals surface area contributed by atoms with Gasteiger partial charge in [-0.15, -0.1) is 0 Å². The fraction of sp³-hybridized carbons (Fsp3) is 0.750. The van der Waals surface area contributed by atoms with Crippen LogP contribution in [0, 0.1) is 0 Å². The highest BCUT2D eigenvalue weighted by Gasteiger charge is 2.37. The van der Waals surface area contributed by atoms with Gasteiger partial charge in [-0.3, -0.25) is 4.79 Å². The lowest BCUT2D eigenvalue weighted by Gasteiger charge is -2.13. The first-order chi connectivity index (χ1) is 4.84. The molecule has 66 valence electrons. The number of rotatable bonds is 2. The summed E-state index contributed by atoms with van der Waals surface area (Å²) in [6.45, 7) is -0.800. The summed E-state index contributed by atoms with van der Waals surface area (Å²) in [6, 6.07) is 0. The highest BCUT2D eigenvalue weighted by Crippen LogP contribution is 2.19. The van der Waals surface area contributed by atoms with Crippen LogP contribution in [0.15, 0.2) is 0 Å². The summed E-state index contributed by atoms with van der Waals surface area (Å²) in [5.74, 6) is 0. The zero-order chi connectivity index (χ0) is 9.07. The van der Waals surface area contributed by atoms with Crippen molar-refractivity contribution >= 4 is 26.5 Å². The average molecular weight is 283 g/mol. The Labute approximate surface area is 74.1 Å². The molecule has 0 heterocycles. The molecule has 0 saturated carbocycles. The van der Waals surface area contributed by atoms with E-state index in [4.69, 9.17) is 5.11 Å². The van der Waals surface area contributed by atoms with Gasteiger partial charge in [0, 0.05) is 22.6 Å². The Bertz CT molecular complexity index is 149. The van der Waals surface area contributed by atoms with Gasteiger partial charge in [0.05, 0.1) is 6.54 Å². The fourth-order valence-corrected chi connectivity index (χ4v) is 0.513. The summed E-state index contributed by atoms with van der Waals surface area (Å²) in [6.07, 6.45) is -7.15. The molecule has 0 spiro atoms. The van der Waals surface area contributed by atoms with Gasteiger partial charge in [-0.25, -0.2) is 0 Å². The maximum absolute atomic E-state index is 11.5. The Hall–Kier alpha value is -0.0500. The number of carbonyl (C=O) groups is 1. The van der Waals surface area contributed by atoms with Crippen LogP contribution in [0.1, 0.15) is 0 Å². The second-order valence-corrected chi connectivity index (χ2v) is 2.69. The van der Waals surface area contributed by atoms with Crippen LogP contribution in [0.2, 0.25) is 0 Å². The van der Waals surface area contributed by atoms with Gasteiger partial charge in [0.25, 0.3) is 3.91 Å². The third-order valence-electron chi connectivity index (χ3n) is 0.812. The molecule has 0 bridgehead atoms. The van der Waals surface area contributed by atoms with E-state index in [2.05, 4.69) is 0 Å². The zero-order valence-electron chi connectivity index (χ0n) is 5.15. The number of amides is 1. The summed E-state index contributed by atoms with van der Waals surface area (Å²) in [7, 11) is 0. The molecule has 7 heteroatoms. The van der Waals surface area contributed by atoms with E-state index in [0.717, 1.165) is 0 Å². The molecule has 0 aliphatic rings. The minimum Gasteiger partial charge on any atom is -0.382 e. The minimum atomic E-state index is -4.67. The molecule has 0 unspecified atom stereocenters. The molecular formula is C4H5F3INO2. The molecule has 0 aromatic heterocycles. The van der Waals surface area contributed by atoms with Crippen LogP contribution in [-0.2, 0) is 0 Å². The number of halogens is 4. The van der Waals surface area contributed by atoms with Gasteiger partial charge < -0.3 is 10.4 Å². The Balaban J connectivity index is 3.70. The van der Waals surface area contributed by atoms with Gasteiger partial charge in [0.2, 0.25) is 0 Å². The van der Waals surface area contributed by atoms with Crippen LogP contribution in [0.5, 0.6) is 0 Å². The standard InChI is InChI=1S/C4H5F3INO2/c5-4(6,7)2(10)1-9-3(8)11/h2,10H,1H2,(H,9,11)/t2-/m1/s1. The predicted octanol–water partition coefficient (Wildman–Crippen LogP) is 1.05.